The lowest BCUT2D eigenvalue weighted by atomic mass is 10.4. The second-order valence-corrected chi connectivity index (χ2v) is 4.58. The summed E-state index contributed by atoms with van der Waals surface area (Å²) in [5, 5.41) is 14.0. The molecule has 0 radical (unpaired) electrons. The van der Waals surface area contributed by atoms with E-state index >= 15 is 0 Å². The van der Waals surface area contributed by atoms with Crippen LogP contribution in [0.4, 0.5) is 17.3 Å². The van der Waals surface area contributed by atoms with Crippen LogP contribution < -0.4 is 16.6 Å². The van der Waals surface area contributed by atoms with Crippen LogP contribution in [-0.2, 0) is 0 Å². The van der Waals surface area contributed by atoms with Gasteiger partial charge < -0.3 is 16.0 Å². The van der Waals surface area contributed by atoms with Crippen LogP contribution in [0.5, 0.6) is 0 Å². The van der Waals surface area contributed by atoms with Crippen molar-refractivity contribution in [1.29, 1.82) is 0 Å². The Bertz CT molecular complexity index is 716. The van der Waals surface area contributed by atoms with Gasteiger partial charge in [-0.3, -0.25) is 14.9 Å². The number of pyridine rings is 1. The van der Waals surface area contributed by atoms with Crippen molar-refractivity contribution in [2.75, 3.05) is 18.1 Å². The maximum Gasteiger partial charge on any atom is 0.301 e. The van der Waals surface area contributed by atoms with Crippen molar-refractivity contribution in [3.8, 4) is 0 Å². The molecule has 2 aromatic heterocycles. The zero-order chi connectivity index (χ0) is 14.7. The molecule has 0 spiro atoms. The van der Waals surface area contributed by atoms with E-state index in [9.17, 15) is 14.9 Å². The highest BCUT2D eigenvalue weighted by molar-refractivity contribution is 7.99. The lowest BCUT2D eigenvalue weighted by molar-refractivity contribution is -0.388. The fraction of sp³-hybridized carbons (Fsp3) is 0.100. The summed E-state index contributed by atoms with van der Waals surface area (Å²) in [6, 6.07) is 3.93. The summed E-state index contributed by atoms with van der Waals surface area (Å²) in [4.78, 5) is 32.1. The average molecular weight is 294 g/mol. The highest BCUT2D eigenvalue weighted by Crippen LogP contribution is 2.32. The van der Waals surface area contributed by atoms with E-state index in [-0.39, 0.29) is 21.7 Å². The van der Waals surface area contributed by atoms with Crippen LogP contribution in [0.15, 0.2) is 33.2 Å². The average Bonchev–Trinajstić information content (AvgIpc) is 2.37. The molecule has 0 saturated carbocycles. The van der Waals surface area contributed by atoms with Crippen molar-refractivity contribution in [3.63, 3.8) is 0 Å². The number of H-pyrrole nitrogens is 1. The number of rotatable bonds is 4. The van der Waals surface area contributed by atoms with Crippen molar-refractivity contribution in [3.05, 3.63) is 38.7 Å². The number of nitrogens with one attached hydrogen (secondary N) is 2. The van der Waals surface area contributed by atoms with Gasteiger partial charge in [-0.15, -0.1) is 0 Å². The van der Waals surface area contributed by atoms with Gasteiger partial charge in [0.1, 0.15) is 11.6 Å². The Hall–Kier alpha value is -2.62. The molecule has 0 saturated heterocycles. The van der Waals surface area contributed by atoms with Crippen LogP contribution in [0.2, 0.25) is 0 Å². The molecule has 9 nitrogen and oxygen atoms in total. The summed E-state index contributed by atoms with van der Waals surface area (Å²) < 4.78 is 0. The summed E-state index contributed by atoms with van der Waals surface area (Å²) >= 11 is 0.861. The number of anilines is 2. The summed E-state index contributed by atoms with van der Waals surface area (Å²) in [6.45, 7) is 0. The van der Waals surface area contributed by atoms with E-state index in [1.807, 2.05) is 0 Å². The molecule has 0 atom stereocenters. The number of nitrogens with zero attached hydrogens (tertiary/aromatic N) is 3. The molecule has 4 N–H and O–H groups in total. The van der Waals surface area contributed by atoms with Crippen LogP contribution in [-0.4, -0.2) is 26.9 Å². The van der Waals surface area contributed by atoms with E-state index in [4.69, 9.17) is 5.73 Å². The van der Waals surface area contributed by atoms with Gasteiger partial charge in [-0.05, 0) is 17.8 Å². The first-order valence-electron chi connectivity index (χ1n) is 5.37. The van der Waals surface area contributed by atoms with Gasteiger partial charge in [0.15, 0.2) is 10.2 Å². The van der Waals surface area contributed by atoms with Crippen molar-refractivity contribution in [2.45, 2.75) is 10.2 Å². The van der Waals surface area contributed by atoms with Crippen LogP contribution in [0.25, 0.3) is 0 Å². The first-order valence-corrected chi connectivity index (χ1v) is 6.19. The summed E-state index contributed by atoms with van der Waals surface area (Å²) in [6.07, 6.45) is 0. The second-order valence-electron chi connectivity index (χ2n) is 3.61. The third kappa shape index (κ3) is 3.03. The fourth-order valence-corrected chi connectivity index (χ4v) is 2.26. The molecule has 0 aliphatic rings. The highest BCUT2D eigenvalue weighted by atomic mass is 32.2. The molecular formula is C10H10N6O3S. The van der Waals surface area contributed by atoms with Crippen LogP contribution in [0.1, 0.15) is 0 Å². The molecule has 2 heterocycles. The molecule has 0 aromatic carbocycles. The van der Waals surface area contributed by atoms with Gasteiger partial charge in [-0.25, -0.2) is 9.97 Å². The van der Waals surface area contributed by atoms with E-state index in [0.29, 0.717) is 5.82 Å². The molecule has 0 bridgehead atoms. The van der Waals surface area contributed by atoms with Gasteiger partial charge in [-0.1, -0.05) is 0 Å². The van der Waals surface area contributed by atoms with E-state index in [2.05, 4.69) is 20.3 Å². The molecule has 0 unspecified atom stereocenters. The smallest absolute Gasteiger partial charge is 0.301 e. The number of aromatic nitrogens is 3. The van der Waals surface area contributed by atoms with E-state index in [1.165, 1.54) is 12.1 Å². The Morgan fingerprint density at radius 2 is 2.20 bits per heavy atom. The highest BCUT2D eigenvalue weighted by Gasteiger charge is 2.18. The molecule has 0 aliphatic carbocycles. The van der Waals surface area contributed by atoms with Crippen LogP contribution in [0, 0.1) is 10.1 Å². The minimum Gasteiger partial charge on any atom is -0.383 e. The van der Waals surface area contributed by atoms with Crippen molar-refractivity contribution < 1.29 is 4.92 Å². The lowest BCUT2D eigenvalue weighted by Crippen LogP contribution is -2.09. The molecule has 20 heavy (non-hydrogen) atoms. The minimum atomic E-state index is -0.556. The van der Waals surface area contributed by atoms with Crippen LogP contribution in [0.3, 0.4) is 0 Å². The van der Waals surface area contributed by atoms with Gasteiger partial charge in [0.05, 0.1) is 4.92 Å². The quantitative estimate of drug-likeness (QED) is 0.428. The van der Waals surface area contributed by atoms with Gasteiger partial charge in [0, 0.05) is 19.2 Å². The topological polar surface area (TPSA) is 140 Å². The molecule has 104 valence electrons. The normalized spacial score (nSPS) is 10.2. The first-order chi connectivity index (χ1) is 9.49. The van der Waals surface area contributed by atoms with E-state index in [1.54, 1.807) is 7.05 Å². The maximum atomic E-state index is 11.3. The largest absolute Gasteiger partial charge is 0.383 e. The van der Waals surface area contributed by atoms with Gasteiger partial charge >= 0.3 is 5.69 Å². The van der Waals surface area contributed by atoms with E-state index < -0.39 is 10.5 Å². The minimum absolute atomic E-state index is 0.0312. The number of nitrogens with two attached hydrogens (primary N) is 1. The lowest BCUT2D eigenvalue weighted by Gasteiger charge is -2.04. The first kappa shape index (κ1) is 13.8. The van der Waals surface area contributed by atoms with Crippen molar-refractivity contribution in [1.82, 2.24) is 15.0 Å². The fourth-order valence-electron chi connectivity index (χ4n) is 1.38. The monoisotopic (exact) mass is 294 g/mol. The third-order valence-corrected chi connectivity index (χ3v) is 3.11. The van der Waals surface area contributed by atoms with Crippen LogP contribution >= 0.6 is 11.8 Å². The zero-order valence-electron chi connectivity index (χ0n) is 10.3. The van der Waals surface area contributed by atoms with Gasteiger partial charge in [-0.2, -0.15) is 0 Å². The summed E-state index contributed by atoms with van der Waals surface area (Å²) in [5.41, 5.74) is 4.84. The number of nitrogen functional groups attached to an aromatic ring is 1. The van der Waals surface area contributed by atoms with E-state index in [0.717, 1.165) is 17.8 Å². The SMILES string of the molecule is CNc1ccc([N+](=O)[O-])c(Sc2nc(N)cc(=O)[nH]2)n1. The Labute approximate surface area is 116 Å². The Kier molecular flexibility index (Phi) is 3.84. The van der Waals surface area contributed by atoms with Crippen molar-refractivity contribution >= 4 is 29.1 Å². The molecule has 0 amide bonds. The third-order valence-electron chi connectivity index (χ3n) is 2.23. The molecule has 2 aromatic rings. The molecular weight excluding hydrogens is 284 g/mol. The number of hydrogen-bond donors (Lipinski definition) is 3. The maximum absolute atomic E-state index is 11.3. The Balaban J connectivity index is 2.45. The number of nitro groups is 1. The zero-order valence-corrected chi connectivity index (χ0v) is 11.1. The Morgan fingerprint density at radius 1 is 1.45 bits per heavy atom. The molecule has 2 rings (SSSR count). The summed E-state index contributed by atoms with van der Waals surface area (Å²) in [5.74, 6) is 0.494. The Morgan fingerprint density at radius 3 is 2.80 bits per heavy atom. The van der Waals surface area contributed by atoms with Gasteiger partial charge in [0.25, 0.3) is 5.56 Å². The second kappa shape index (κ2) is 5.57. The number of aromatic amines is 1. The predicted molar refractivity (Wildman–Crippen MR) is 73.8 cm³/mol. The van der Waals surface area contributed by atoms with Crippen molar-refractivity contribution in [2.24, 2.45) is 0 Å². The standard InChI is InChI=1S/C10H10N6O3S/c1-12-7-3-2-5(16(18)19)9(14-7)20-10-13-6(11)4-8(17)15-10/h2-4H,1H3,(H,12,14)(H3,11,13,15,17). The summed E-state index contributed by atoms with van der Waals surface area (Å²) in [7, 11) is 1.64. The molecule has 10 heteroatoms. The predicted octanol–water partition coefficient (Wildman–Crippen LogP) is 0.848. The number of hydrogen-bond acceptors (Lipinski definition) is 8. The van der Waals surface area contributed by atoms with Gasteiger partial charge in [0.2, 0.25) is 0 Å². The molecule has 0 aliphatic heterocycles. The molecule has 0 fully saturated rings.